The summed E-state index contributed by atoms with van der Waals surface area (Å²) in [6.07, 6.45) is 21.6. The van der Waals surface area contributed by atoms with Gasteiger partial charge in [0.2, 0.25) is 0 Å². The zero-order valence-corrected chi connectivity index (χ0v) is 40.1. The van der Waals surface area contributed by atoms with Gasteiger partial charge in [-0.2, -0.15) is 0 Å². The Morgan fingerprint density at radius 3 is 1.28 bits per heavy atom. The SMILES string of the molecule is COc1ccc([C@@H]2CCC[C@@H]3CC/C(=C\c4ccc(-n5cnc(C)c5)c(OC)c4)C(=O)N32)cc1.COc1ccc([C@H]2CCC[C@H]3CC/C(=C\c4ccc(-n5cnc(C)c5)c(OC)c4)C(=O)N32)cc1. The van der Waals surface area contributed by atoms with E-state index >= 15 is 0 Å². The Balaban J connectivity index is 0.000000170. The van der Waals surface area contributed by atoms with Crippen LogP contribution in [0.5, 0.6) is 23.0 Å². The minimum absolute atomic E-state index is 0.113. The number of imidazole rings is 2. The van der Waals surface area contributed by atoms with Gasteiger partial charge >= 0.3 is 0 Å². The molecule has 0 radical (unpaired) electrons. The number of nitrogens with zero attached hydrogens (tertiary/aromatic N) is 6. The van der Waals surface area contributed by atoms with Crippen LogP contribution < -0.4 is 18.9 Å². The maximum Gasteiger partial charge on any atom is 0.250 e. The molecule has 6 heterocycles. The molecule has 0 N–H and O–H groups in total. The normalized spacial score (nSPS) is 21.4. The summed E-state index contributed by atoms with van der Waals surface area (Å²) in [6, 6.07) is 29.3. The van der Waals surface area contributed by atoms with Crippen LogP contribution >= 0.6 is 0 Å². The number of amides is 2. The van der Waals surface area contributed by atoms with Crippen LogP contribution in [0.2, 0.25) is 0 Å². The van der Waals surface area contributed by atoms with Gasteiger partial charge < -0.3 is 37.9 Å². The Bertz CT molecular complexity index is 2620. The highest BCUT2D eigenvalue weighted by Crippen LogP contribution is 2.43. The number of benzene rings is 4. The molecule has 0 unspecified atom stereocenters. The van der Waals surface area contributed by atoms with E-state index in [1.165, 1.54) is 11.1 Å². The zero-order chi connectivity index (χ0) is 47.3. The molecule has 6 aromatic rings. The van der Waals surface area contributed by atoms with Crippen molar-refractivity contribution in [3.8, 4) is 34.4 Å². The van der Waals surface area contributed by atoms with Crippen LogP contribution in [-0.4, -0.2) is 81.2 Å². The third-order valence-electron chi connectivity index (χ3n) is 14.1. The van der Waals surface area contributed by atoms with Gasteiger partial charge in [0.05, 0.1) is 75.9 Å². The van der Waals surface area contributed by atoms with E-state index in [4.69, 9.17) is 18.9 Å². The third-order valence-corrected chi connectivity index (χ3v) is 14.1. The summed E-state index contributed by atoms with van der Waals surface area (Å²) in [5.74, 6) is 3.49. The first-order valence-electron chi connectivity index (χ1n) is 23.9. The van der Waals surface area contributed by atoms with E-state index in [1.807, 2.05) is 108 Å². The van der Waals surface area contributed by atoms with E-state index in [1.54, 1.807) is 41.1 Å². The summed E-state index contributed by atoms with van der Waals surface area (Å²) in [4.78, 5) is 40.3. The number of ether oxygens (including phenoxy) is 4. The fourth-order valence-electron chi connectivity index (χ4n) is 10.6. The number of piperidine rings is 4. The maximum absolute atomic E-state index is 13.7. The van der Waals surface area contributed by atoms with Gasteiger partial charge in [-0.3, -0.25) is 9.59 Å². The van der Waals surface area contributed by atoms with Crippen LogP contribution in [0.15, 0.2) is 121 Å². The molecule has 68 heavy (non-hydrogen) atoms. The number of aromatic nitrogens is 4. The Kier molecular flexibility index (Phi) is 13.8. The lowest BCUT2D eigenvalue weighted by molar-refractivity contribution is -0.137. The van der Waals surface area contributed by atoms with E-state index in [2.05, 4.69) is 44.0 Å². The van der Waals surface area contributed by atoms with Crippen molar-refractivity contribution in [2.75, 3.05) is 28.4 Å². The number of methoxy groups -OCH3 is 4. The van der Waals surface area contributed by atoms with Crippen LogP contribution in [0.4, 0.5) is 0 Å². The largest absolute Gasteiger partial charge is 0.497 e. The van der Waals surface area contributed by atoms with Gasteiger partial charge in [0, 0.05) is 35.6 Å². The second kappa shape index (κ2) is 20.4. The van der Waals surface area contributed by atoms with Crippen molar-refractivity contribution in [2.24, 2.45) is 0 Å². The van der Waals surface area contributed by atoms with E-state index in [0.29, 0.717) is 12.1 Å². The molecule has 10 rings (SSSR count). The molecule has 0 spiro atoms. The van der Waals surface area contributed by atoms with Crippen molar-refractivity contribution in [3.63, 3.8) is 0 Å². The monoisotopic (exact) mass is 914 g/mol. The van der Waals surface area contributed by atoms with E-state index < -0.39 is 0 Å². The summed E-state index contributed by atoms with van der Waals surface area (Å²) < 4.78 is 25.9. The van der Waals surface area contributed by atoms with Gasteiger partial charge in [-0.1, -0.05) is 36.4 Å². The Hall–Kier alpha value is -7.08. The van der Waals surface area contributed by atoms with Gasteiger partial charge in [0.15, 0.2) is 0 Å². The molecule has 2 amide bonds. The van der Waals surface area contributed by atoms with Crippen molar-refractivity contribution in [3.05, 3.63) is 155 Å². The lowest BCUT2D eigenvalue weighted by Gasteiger charge is -2.46. The van der Waals surface area contributed by atoms with E-state index in [-0.39, 0.29) is 23.9 Å². The predicted octanol–water partition coefficient (Wildman–Crippen LogP) is 11.0. The number of hydrogen-bond acceptors (Lipinski definition) is 8. The average Bonchev–Trinajstić information content (AvgIpc) is 4.03. The van der Waals surface area contributed by atoms with Crippen LogP contribution in [0.25, 0.3) is 23.5 Å². The molecule has 4 aliphatic heterocycles. The van der Waals surface area contributed by atoms with E-state index in [0.717, 1.165) is 132 Å². The molecule has 4 aromatic carbocycles. The Labute approximate surface area is 399 Å². The molecule has 352 valence electrons. The fraction of sp³-hybridized carbons (Fsp3) is 0.357. The smallest absolute Gasteiger partial charge is 0.250 e. The molecule has 4 saturated heterocycles. The fourth-order valence-corrected chi connectivity index (χ4v) is 10.6. The van der Waals surface area contributed by atoms with Gasteiger partial charge in [-0.25, -0.2) is 9.97 Å². The highest BCUT2D eigenvalue weighted by atomic mass is 16.5. The second-order valence-corrected chi connectivity index (χ2v) is 18.3. The van der Waals surface area contributed by atoms with Crippen LogP contribution in [0.3, 0.4) is 0 Å². The number of hydrogen-bond donors (Lipinski definition) is 0. The van der Waals surface area contributed by atoms with Crippen molar-refractivity contribution < 1.29 is 28.5 Å². The van der Waals surface area contributed by atoms with Gasteiger partial charge in [0.25, 0.3) is 11.8 Å². The Morgan fingerprint density at radius 2 is 0.926 bits per heavy atom. The van der Waals surface area contributed by atoms with Gasteiger partial charge in [-0.05, 0) is 161 Å². The lowest BCUT2D eigenvalue weighted by atomic mass is 9.84. The summed E-state index contributed by atoms with van der Waals surface area (Å²) in [5.41, 5.74) is 9.78. The average molecular weight is 915 g/mol. The van der Waals surface area contributed by atoms with Crippen molar-refractivity contribution in [2.45, 2.75) is 102 Å². The molecule has 12 nitrogen and oxygen atoms in total. The van der Waals surface area contributed by atoms with Crippen molar-refractivity contribution in [1.82, 2.24) is 28.9 Å². The first-order chi connectivity index (χ1) is 33.1. The zero-order valence-electron chi connectivity index (χ0n) is 40.1. The highest BCUT2D eigenvalue weighted by Gasteiger charge is 2.40. The van der Waals surface area contributed by atoms with Crippen molar-refractivity contribution in [1.29, 1.82) is 0 Å². The molecule has 0 bridgehead atoms. The number of aryl methyl sites for hydroxylation is 2. The molecule has 2 aromatic heterocycles. The number of fused-ring (bicyclic) bond motifs is 2. The molecule has 4 fully saturated rings. The number of rotatable bonds is 10. The van der Waals surface area contributed by atoms with Crippen molar-refractivity contribution >= 4 is 24.0 Å². The standard InChI is InChI=1S/2C28H31N3O3/c2*1-19-17-30(18-29-19)26-14-7-20(16-27(26)34-3)15-22-8-11-23-5-4-6-25(31(23)28(22)32)21-9-12-24(33-2)13-10-21/h2*7,9-10,12-18,23,25H,4-6,8,11H2,1-3H3/b2*22-15+/t2*23-,25+/m10/s1. The quantitative estimate of drug-likeness (QED) is 0.125. The topological polar surface area (TPSA) is 113 Å². The molecule has 4 aliphatic rings. The minimum atomic E-state index is 0.113. The summed E-state index contributed by atoms with van der Waals surface area (Å²) >= 11 is 0. The van der Waals surface area contributed by atoms with Gasteiger partial charge in [-0.15, -0.1) is 0 Å². The summed E-state index contributed by atoms with van der Waals surface area (Å²) in [6.45, 7) is 3.92. The van der Waals surface area contributed by atoms with E-state index in [9.17, 15) is 9.59 Å². The summed E-state index contributed by atoms with van der Waals surface area (Å²) in [7, 11) is 6.69. The number of carbonyl (C=O) groups is 2. The first-order valence-corrected chi connectivity index (χ1v) is 23.9. The second-order valence-electron chi connectivity index (χ2n) is 18.3. The van der Waals surface area contributed by atoms with Crippen LogP contribution in [0, 0.1) is 13.8 Å². The number of carbonyl (C=O) groups excluding carboxylic acids is 2. The summed E-state index contributed by atoms with van der Waals surface area (Å²) in [5, 5.41) is 0. The molecular formula is C56H62N6O6. The minimum Gasteiger partial charge on any atom is -0.497 e. The van der Waals surface area contributed by atoms with Crippen LogP contribution in [0.1, 0.15) is 110 Å². The molecular weight excluding hydrogens is 853 g/mol. The highest BCUT2D eigenvalue weighted by molar-refractivity contribution is 6.00. The first kappa shape index (κ1) is 46.0. The van der Waals surface area contributed by atoms with Crippen LogP contribution in [-0.2, 0) is 9.59 Å². The molecule has 0 aliphatic carbocycles. The van der Waals surface area contributed by atoms with Gasteiger partial charge in [0.1, 0.15) is 23.0 Å². The maximum atomic E-state index is 13.7. The third kappa shape index (κ3) is 9.68. The lowest BCUT2D eigenvalue weighted by Crippen LogP contribution is -2.49. The molecule has 0 saturated carbocycles. The Morgan fingerprint density at radius 1 is 0.515 bits per heavy atom. The molecule has 12 heteroatoms. The molecule has 4 atom stereocenters. The predicted molar refractivity (Wildman–Crippen MR) is 265 cm³/mol.